The van der Waals surface area contributed by atoms with Gasteiger partial charge in [0.15, 0.2) is 0 Å². The number of aryl methyl sites for hydroxylation is 1. The van der Waals surface area contributed by atoms with Crippen LogP contribution in [0.2, 0.25) is 10.4 Å². The highest BCUT2D eigenvalue weighted by Gasteiger charge is 2.26. The summed E-state index contributed by atoms with van der Waals surface area (Å²) in [5, 5.41) is 0.147. The summed E-state index contributed by atoms with van der Waals surface area (Å²) in [5.41, 5.74) is 1.63. The van der Waals surface area contributed by atoms with E-state index in [0.717, 1.165) is 11.3 Å². The fourth-order valence-electron chi connectivity index (χ4n) is 1.73. The predicted octanol–water partition coefficient (Wildman–Crippen LogP) is 2.65. The van der Waals surface area contributed by atoms with E-state index in [2.05, 4.69) is 9.97 Å². The summed E-state index contributed by atoms with van der Waals surface area (Å²) in [6.07, 6.45) is 1.87. The molecule has 0 amide bonds. The SMILES string of the molecule is O=C(Cl)C1CCc2nc(Cl)nc(Cl)c2C1. The Morgan fingerprint density at radius 3 is 2.73 bits per heavy atom. The first-order valence-corrected chi connectivity index (χ1v) is 5.61. The van der Waals surface area contributed by atoms with Gasteiger partial charge in [-0.25, -0.2) is 9.97 Å². The lowest BCUT2D eigenvalue weighted by atomic mass is 9.88. The Bertz CT molecular complexity index is 422. The van der Waals surface area contributed by atoms with Crippen LogP contribution in [-0.2, 0) is 17.6 Å². The summed E-state index contributed by atoms with van der Waals surface area (Å²) in [6.45, 7) is 0. The highest BCUT2D eigenvalue weighted by atomic mass is 35.5. The number of fused-ring (bicyclic) bond motifs is 1. The van der Waals surface area contributed by atoms with E-state index < -0.39 is 0 Å². The summed E-state index contributed by atoms with van der Waals surface area (Å²) >= 11 is 17.1. The lowest BCUT2D eigenvalue weighted by Crippen LogP contribution is -2.21. The third-order valence-electron chi connectivity index (χ3n) is 2.52. The van der Waals surface area contributed by atoms with E-state index in [1.807, 2.05) is 0 Å². The van der Waals surface area contributed by atoms with Crippen molar-refractivity contribution < 1.29 is 4.79 Å². The second-order valence-electron chi connectivity index (χ2n) is 3.45. The van der Waals surface area contributed by atoms with Gasteiger partial charge in [-0.2, -0.15) is 0 Å². The van der Waals surface area contributed by atoms with E-state index in [4.69, 9.17) is 34.8 Å². The van der Waals surface area contributed by atoms with Crippen molar-refractivity contribution in [2.24, 2.45) is 5.92 Å². The lowest BCUT2D eigenvalue weighted by Gasteiger charge is -2.21. The molecule has 0 saturated carbocycles. The van der Waals surface area contributed by atoms with Crippen molar-refractivity contribution in [2.45, 2.75) is 19.3 Å². The topological polar surface area (TPSA) is 42.9 Å². The quantitative estimate of drug-likeness (QED) is 0.445. The van der Waals surface area contributed by atoms with Crippen molar-refractivity contribution >= 4 is 40.0 Å². The molecule has 1 aromatic heterocycles. The number of carbonyl (C=O) groups excluding carboxylic acids is 1. The fourth-order valence-corrected chi connectivity index (χ4v) is 2.42. The van der Waals surface area contributed by atoms with E-state index in [0.29, 0.717) is 24.4 Å². The van der Waals surface area contributed by atoms with Crippen LogP contribution in [0, 0.1) is 5.92 Å². The molecule has 1 aliphatic carbocycles. The number of aromatic nitrogens is 2. The van der Waals surface area contributed by atoms with Crippen LogP contribution >= 0.6 is 34.8 Å². The molecule has 0 radical (unpaired) electrons. The minimum atomic E-state index is -0.327. The zero-order chi connectivity index (χ0) is 11.0. The van der Waals surface area contributed by atoms with Gasteiger partial charge >= 0.3 is 0 Å². The van der Waals surface area contributed by atoms with Crippen molar-refractivity contribution in [1.29, 1.82) is 0 Å². The molecule has 0 fully saturated rings. The van der Waals surface area contributed by atoms with Gasteiger partial charge in [-0.1, -0.05) is 11.6 Å². The molecule has 2 rings (SSSR count). The molecule has 1 atom stereocenters. The molecule has 3 nitrogen and oxygen atoms in total. The second-order valence-corrected chi connectivity index (χ2v) is 4.52. The first-order valence-electron chi connectivity index (χ1n) is 4.48. The summed E-state index contributed by atoms with van der Waals surface area (Å²) in [5.74, 6) is -0.179. The molecular weight excluding hydrogens is 258 g/mol. The van der Waals surface area contributed by atoms with Gasteiger partial charge in [-0.15, -0.1) is 0 Å². The molecule has 0 N–H and O–H groups in total. The third-order valence-corrected chi connectivity index (χ3v) is 3.31. The Kier molecular flexibility index (Phi) is 3.14. The van der Waals surface area contributed by atoms with Gasteiger partial charge < -0.3 is 0 Å². The number of hydrogen-bond acceptors (Lipinski definition) is 3. The van der Waals surface area contributed by atoms with Crippen LogP contribution in [0.15, 0.2) is 0 Å². The molecule has 1 unspecified atom stereocenters. The molecule has 1 aromatic rings. The Hall–Kier alpha value is -0.380. The monoisotopic (exact) mass is 264 g/mol. The van der Waals surface area contributed by atoms with Crippen LogP contribution < -0.4 is 0 Å². The molecule has 1 heterocycles. The minimum absolute atomic E-state index is 0.148. The summed E-state index contributed by atoms with van der Waals surface area (Å²) < 4.78 is 0. The van der Waals surface area contributed by atoms with Crippen LogP contribution in [0.25, 0.3) is 0 Å². The van der Waals surface area contributed by atoms with Crippen LogP contribution in [0.4, 0.5) is 0 Å². The summed E-state index contributed by atoms with van der Waals surface area (Å²) in [6, 6.07) is 0. The summed E-state index contributed by atoms with van der Waals surface area (Å²) in [7, 11) is 0. The normalized spacial score (nSPS) is 19.8. The smallest absolute Gasteiger partial charge is 0.225 e. The largest absolute Gasteiger partial charge is 0.281 e. The highest BCUT2D eigenvalue weighted by Crippen LogP contribution is 2.30. The van der Waals surface area contributed by atoms with E-state index in [9.17, 15) is 4.79 Å². The van der Waals surface area contributed by atoms with Gasteiger partial charge in [0.05, 0.1) is 5.69 Å². The second kappa shape index (κ2) is 4.24. The number of nitrogens with zero attached hydrogens (tertiary/aromatic N) is 2. The first kappa shape index (κ1) is 11.1. The molecule has 1 aliphatic rings. The maximum Gasteiger partial charge on any atom is 0.225 e. The van der Waals surface area contributed by atoms with Crippen LogP contribution in [0.1, 0.15) is 17.7 Å². The predicted molar refractivity (Wildman–Crippen MR) is 58.4 cm³/mol. The van der Waals surface area contributed by atoms with Crippen molar-refractivity contribution in [3.8, 4) is 0 Å². The highest BCUT2D eigenvalue weighted by molar-refractivity contribution is 6.64. The van der Waals surface area contributed by atoms with Crippen molar-refractivity contribution in [2.75, 3.05) is 0 Å². The number of halogens is 3. The van der Waals surface area contributed by atoms with Gasteiger partial charge in [0.25, 0.3) is 0 Å². The zero-order valence-electron chi connectivity index (χ0n) is 7.64. The van der Waals surface area contributed by atoms with Gasteiger partial charge in [0, 0.05) is 11.5 Å². The minimum Gasteiger partial charge on any atom is -0.281 e. The van der Waals surface area contributed by atoms with Crippen molar-refractivity contribution in [3.63, 3.8) is 0 Å². The van der Waals surface area contributed by atoms with E-state index >= 15 is 0 Å². The Morgan fingerprint density at radius 1 is 1.33 bits per heavy atom. The molecular formula is C9H7Cl3N2O. The molecule has 0 saturated heterocycles. The zero-order valence-corrected chi connectivity index (χ0v) is 9.90. The average Bonchev–Trinajstić information content (AvgIpc) is 2.16. The maximum atomic E-state index is 11.0. The number of carbonyl (C=O) groups is 1. The van der Waals surface area contributed by atoms with Crippen LogP contribution in [0.3, 0.4) is 0 Å². The molecule has 15 heavy (non-hydrogen) atoms. The maximum absolute atomic E-state index is 11.0. The summed E-state index contributed by atoms with van der Waals surface area (Å²) in [4.78, 5) is 19.0. The Balaban J connectivity index is 2.37. The molecule has 0 spiro atoms. The molecule has 0 aromatic carbocycles. The first-order chi connectivity index (χ1) is 7.08. The Labute approximate surface area is 102 Å². The van der Waals surface area contributed by atoms with Gasteiger partial charge in [-0.3, -0.25) is 4.79 Å². The molecule has 80 valence electrons. The van der Waals surface area contributed by atoms with E-state index in [1.165, 1.54) is 0 Å². The number of rotatable bonds is 1. The van der Waals surface area contributed by atoms with E-state index in [1.54, 1.807) is 0 Å². The van der Waals surface area contributed by atoms with E-state index in [-0.39, 0.29) is 16.4 Å². The molecule has 0 bridgehead atoms. The fraction of sp³-hybridized carbons (Fsp3) is 0.444. The average molecular weight is 266 g/mol. The van der Waals surface area contributed by atoms with Crippen LogP contribution in [0.5, 0.6) is 0 Å². The van der Waals surface area contributed by atoms with Crippen molar-refractivity contribution in [1.82, 2.24) is 9.97 Å². The van der Waals surface area contributed by atoms with Gasteiger partial charge in [0.2, 0.25) is 10.5 Å². The standard InChI is InChI=1S/C9H7Cl3N2O/c10-7-5-3-4(8(11)15)1-2-6(5)13-9(12)14-7/h4H,1-3H2. The van der Waals surface area contributed by atoms with Crippen molar-refractivity contribution in [3.05, 3.63) is 21.7 Å². The lowest BCUT2D eigenvalue weighted by molar-refractivity contribution is -0.115. The third kappa shape index (κ3) is 2.25. The molecule has 6 heteroatoms. The number of hydrogen-bond donors (Lipinski definition) is 0. The van der Waals surface area contributed by atoms with Gasteiger partial charge in [-0.05, 0) is 42.5 Å². The van der Waals surface area contributed by atoms with Gasteiger partial charge in [0.1, 0.15) is 5.15 Å². The molecule has 0 aliphatic heterocycles. The van der Waals surface area contributed by atoms with Crippen LogP contribution in [-0.4, -0.2) is 15.2 Å². The Morgan fingerprint density at radius 2 is 2.07 bits per heavy atom.